The van der Waals surface area contributed by atoms with Gasteiger partial charge in [0.1, 0.15) is 0 Å². The average molecular weight is 149 g/mol. The van der Waals surface area contributed by atoms with Crippen LogP contribution in [0, 0.1) is 0 Å². The highest BCUT2D eigenvalue weighted by atomic mass is 14.6. The van der Waals surface area contributed by atoms with Crippen LogP contribution >= 0.6 is 0 Å². The highest BCUT2D eigenvalue weighted by Crippen LogP contribution is 1.82. The summed E-state index contributed by atoms with van der Waals surface area (Å²) in [6.07, 6.45) is 7.81. The van der Waals surface area contributed by atoms with Crippen LogP contribution < -0.4 is 0 Å². The molecule has 0 spiro atoms. The first-order valence-electron chi connectivity index (χ1n) is 3.87. The van der Waals surface area contributed by atoms with Gasteiger partial charge in [0.2, 0.25) is 0 Å². The zero-order chi connectivity index (χ0) is 8.36. The Bertz CT molecular complexity index is 131. The lowest BCUT2D eigenvalue weighted by atomic mass is 10.3. The topological polar surface area (TPSA) is 12.9 Å². The van der Waals surface area contributed by atoms with Gasteiger partial charge in [-0.1, -0.05) is 25.5 Å². The highest BCUT2D eigenvalue weighted by Gasteiger charge is 1.61. The first kappa shape index (κ1) is 9.89. The van der Waals surface area contributed by atoms with Crippen LogP contribution in [0.2, 0.25) is 0 Å². The quantitative estimate of drug-likeness (QED) is 0.589. The van der Waals surface area contributed by atoms with Crippen LogP contribution in [0.5, 0.6) is 0 Å². The largest absolute Gasteiger partial charge is 0.265 e. The maximum absolute atomic E-state index is 3.78. The van der Waals surface area contributed by atoms with Crippen LogP contribution in [-0.2, 0) is 0 Å². The van der Waals surface area contributed by atoms with Crippen LogP contribution in [0.1, 0.15) is 19.8 Å². The van der Waals surface area contributed by atoms with E-state index in [2.05, 4.69) is 18.5 Å². The Morgan fingerprint density at radius 1 is 1.27 bits per heavy atom. The van der Waals surface area contributed by atoms with E-state index in [1.165, 1.54) is 6.42 Å². The van der Waals surface area contributed by atoms with Gasteiger partial charge >= 0.3 is 0 Å². The SMILES string of the molecule is C=CCCC.c1ccncc1. The van der Waals surface area contributed by atoms with Crippen molar-refractivity contribution in [1.29, 1.82) is 0 Å². The van der Waals surface area contributed by atoms with Gasteiger partial charge in [-0.05, 0) is 18.6 Å². The molecule has 1 heterocycles. The molecule has 1 heteroatoms. The van der Waals surface area contributed by atoms with E-state index >= 15 is 0 Å². The molecule has 60 valence electrons. The Balaban J connectivity index is 0.000000187. The minimum Gasteiger partial charge on any atom is -0.265 e. The molecule has 0 aliphatic heterocycles. The maximum Gasteiger partial charge on any atom is 0.0267 e. The van der Waals surface area contributed by atoms with Gasteiger partial charge in [-0.25, -0.2) is 0 Å². The molecular weight excluding hydrogens is 134 g/mol. The Morgan fingerprint density at radius 3 is 2.00 bits per heavy atom. The molecule has 11 heavy (non-hydrogen) atoms. The second kappa shape index (κ2) is 8.89. The van der Waals surface area contributed by atoms with Crippen molar-refractivity contribution in [2.24, 2.45) is 0 Å². The molecule has 0 saturated carbocycles. The molecular formula is C10H15N. The first-order chi connectivity index (χ1) is 5.41. The monoisotopic (exact) mass is 149 g/mol. The molecule has 0 aliphatic carbocycles. The zero-order valence-electron chi connectivity index (χ0n) is 7.03. The van der Waals surface area contributed by atoms with Crippen molar-refractivity contribution >= 4 is 0 Å². The highest BCUT2D eigenvalue weighted by molar-refractivity contribution is 4.88. The molecule has 0 fully saturated rings. The molecule has 0 saturated heterocycles. The number of pyridine rings is 1. The molecule has 0 N–H and O–H groups in total. The molecule has 0 unspecified atom stereocenters. The third kappa shape index (κ3) is 8.89. The number of aromatic nitrogens is 1. The smallest absolute Gasteiger partial charge is 0.0267 e. The number of hydrogen-bond acceptors (Lipinski definition) is 1. The molecule has 0 aliphatic rings. The zero-order valence-corrected chi connectivity index (χ0v) is 7.03. The van der Waals surface area contributed by atoms with Gasteiger partial charge in [0, 0.05) is 12.4 Å². The fraction of sp³-hybridized carbons (Fsp3) is 0.300. The molecule has 1 nitrogen and oxygen atoms in total. The van der Waals surface area contributed by atoms with Gasteiger partial charge in [0.05, 0.1) is 0 Å². The summed E-state index contributed by atoms with van der Waals surface area (Å²) in [5.74, 6) is 0. The molecule has 0 atom stereocenters. The van der Waals surface area contributed by atoms with E-state index in [1.54, 1.807) is 12.4 Å². The first-order valence-corrected chi connectivity index (χ1v) is 3.87. The number of allylic oxidation sites excluding steroid dienone is 1. The van der Waals surface area contributed by atoms with Gasteiger partial charge in [-0.15, -0.1) is 6.58 Å². The molecule has 1 rings (SSSR count). The molecule has 1 aromatic rings. The second-order valence-corrected chi connectivity index (χ2v) is 2.10. The fourth-order valence-electron chi connectivity index (χ4n) is 0.517. The van der Waals surface area contributed by atoms with Crippen LogP contribution in [0.15, 0.2) is 43.2 Å². The van der Waals surface area contributed by atoms with Crippen molar-refractivity contribution in [3.8, 4) is 0 Å². The van der Waals surface area contributed by atoms with Crippen LogP contribution in [-0.4, -0.2) is 4.98 Å². The van der Waals surface area contributed by atoms with Crippen molar-refractivity contribution in [3.63, 3.8) is 0 Å². The number of nitrogens with zero attached hydrogens (tertiary/aromatic N) is 1. The Labute approximate surface area is 68.8 Å². The van der Waals surface area contributed by atoms with E-state index in [0.717, 1.165) is 6.42 Å². The normalized spacial score (nSPS) is 7.73. The fourth-order valence-corrected chi connectivity index (χ4v) is 0.517. The minimum absolute atomic E-state index is 1.15. The summed E-state index contributed by atoms with van der Waals surface area (Å²) in [5, 5.41) is 0. The minimum atomic E-state index is 1.15. The number of rotatable bonds is 2. The number of hydrogen-bond donors (Lipinski definition) is 0. The lowest BCUT2D eigenvalue weighted by Crippen LogP contribution is -1.58. The van der Waals surface area contributed by atoms with Gasteiger partial charge in [0.25, 0.3) is 0 Å². The third-order valence-corrected chi connectivity index (χ3v) is 1.06. The maximum atomic E-state index is 3.78. The van der Waals surface area contributed by atoms with E-state index in [4.69, 9.17) is 0 Å². The summed E-state index contributed by atoms with van der Waals surface area (Å²) in [7, 11) is 0. The average Bonchev–Trinajstić information content (AvgIpc) is 2.10. The van der Waals surface area contributed by atoms with Crippen molar-refractivity contribution in [3.05, 3.63) is 43.2 Å². The van der Waals surface area contributed by atoms with Crippen molar-refractivity contribution in [1.82, 2.24) is 4.98 Å². The van der Waals surface area contributed by atoms with Gasteiger partial charge < -0.3 is 0 Å². The number of unbranched alkanes of at least 4 members (excludes halogenated alkanes) is 1. The standard InChI is InChI=1S/C5H5N.C5H10/c1-2-4-6-5-3-1;1-3-5-4-2/h1-5H;3H,1,4-5H2,2H3. The van der Waals surface area contributed by atoms with E-state index in [0.29, 0.717) is 0 Å². The van der Waals surface area contributed by atoms with E-state index in [-0.39, 0.29) is 0 Å². The van der Waals surface area contributed by atoms with Crippen molar-refractivity contribution < 1.29 is 0 Å². The Hall–Kier alpha value is -1.11. The molecule has 0 amide bonds. The Morgan fingerprint density at radius 2 is 1.91 bits per heavy atom. The summed E-state index contributed by atoms with van der Waals surface area (Å²) in [5.41, 5.74) is 0. The predicted molar refractivity (Wildman–Crippen MR) is 49.3 cm³/mol. The summed E-state index contributed by atoms with van der Waals surface area (Å²) in [6.45, 7) is 5.69. The van der Waals surface area contributed by atoms with E-state index in [9.17, 15) is 0 Å². The van der Waals surface area contributed by atoms with Crippen LogP contribution in [0.4, 0.5) is 0 Å². The van der Waals surface area contributed by atoms with Crippen molar-refractivity contribution in [2.45, 2.75) is 19.8 Å². The van der Waals surface area contributed by atoms with Gasteiger partial charge in [0.15, 0.2) is 0 Å². The summed E-state index contributed by atoms with van der Waals surface area (Å²) in [4.78, 5) is 3.78. The molecule has 0 aromatic carbocycles. The van der Waals surface area contributed by atoms with E-state index in [1.807, 2.05) is 24.3 Å². The predicted octanol–water partition coefficient (Wildman–Crippen LogP) is 3.05. The molecule has 0 radical (unpaired) electrons. The third-order valence-electron chi connectivity index (χ3n) is 1.06. The molecule has 1 aromatic heterocycles. The lowest BCUT2D eigenvalue weighted by molar-refractivity contribution is 0.961. The second-order valence-electron chi connectivity index (χ2n) is 2.10. The lowest BCUT2D eigenvalue weighted by Gasteiger charge is -1.72. The molecule has 0 bridgehead atoms. The van der Waals surface area contributed by atoms with Gasteiger partial charge in [-0.2, -0.15) is 0 Å². The summed E-state index contributed by atoms with van der Waals surface area (Å²) >= 11 is 0. The van der Waals surface area contributed by atoms with E-state index < -0.39 is 0 Å². The summed E-state index contributed by atoms with van der Waals surface area (Å²) in [6, 6.07) is 5.72. The van der Waals surface area contributed by atoms with Crippen LogP contribution in [0.3, 0.4) is 0 Å². The Kier molecular flexibility index (Phi) is 7.99. The summed E-state index contributed by atoms with van der Waals surface area (Å²) < 4.78 is 0. The van der Waals surface area contributed by atoms with Gasteiger partial charge in [-0.3, -0.25) is 4.98 Å². The van der Waals surface area contributed by atoms with Crippen molar-refractivity contribution in [2.75, 3.05) is 0 Å². The van der Waals surface area contributed by atoms with Crippen LogP contribution in [0.25, 0.3) is 0 Å².